The predicted molar refractivity (Wildman–Crippen MR) is 134 cm³/mol. The summed E-state index contributed by atoms with van der Waals surface area (Å²) in [5.74, 6) is 0.433. The van der Waals surface area contributed by atoms with Crippen LogP contribution < -0.4 is 14.8 Å². The molecule has 4 rings (SSSR count). The Morgan fingerprint density at radius 1 is 1.20 bits per heavy atom. The highest BCUT2D eigenvalue weighted by atomic mass is 32.1. The van der Waals surface area contributed by atoms with Crippen LogP contribution in [0, 0.1) is 5.92 Å². The van der Waals surface area contributed by atoms with Gasteiger partial charge in [0.05, 0.1) is 24.2 Å². The molecule has 35 heavy (non-hydrogen) atoms. The Balaban J connectivity index is 1.53. The molecule has 0 bridgehead atoms. The first-order valence-corrected chi connectivity index (χ1v) is 12.1. The average molecular weight is 496 g/mol. The highest BCUT2D eigenvalue weighted by Gasteiger charge is 2.29. The van der Waals surface area contributed by atoms with Gasteiger partial charge in [-0.2, -0.15) is 5.10 Å². The number of hydrogen-bond donors (Lipinski definition) is 1. The molecule has 3 aromatic rings. The monoisotopic (exact) mass is 495 g/mol. The molecule has 9 heteroatoms. The number of halogens is 1. The normalized spacial score (nSPS) is 15.5. The summed E-state index contributed by atoms with van der Waals surface area (Å²) in [5, 5.41) is 10.9. The molecule has 0 aliphatic carbocycles. The van der Waals surface area contributed by atoms with E-state index in [1.165, 1.54) is 23.5 Å². The largest absolute Gasteiger partial charge is 0.493 e. The number of hydrogen-bond acceptors (Lipinski definition) is 6. The van der Waals surface area contributed by atoms with Gasteiger partial charge in [-0.15, -0.1) is 11.3 Å². The molecule has 1 N–H and O–H groups in total. The second-order valence-corrected chi connectivity index (χ2v) is 8.94. The van der Waals surface area contributed by atoms with Crippen molar-refractivity contribution in [3.05, 3.63) is 76.0 Å². The number of carbonyl (C=O) groups excluding carboxylic acids is 2. The second kappa shape index (κ2) is 11.1. The second-order valence-electron chi connectivity index (χ2n) is 7.99. The summed E-state index contributed by atoms with van der Waals surface area (Å²) in [6.45, 7) is 1.33. The van der Waals surface area contributed by atoms with E-state index in [1.807, 2.05) is 36.6 Å². The van der Waals surface area contributed by atoms with Crippen LogP contribution in [0.25, 0.3) is 0 Å². The van der Waals surface area contributed by atoms with Crippen molar-refractivity contribution in [1.82, 2.24) is 5.01 Å². The lowest BCUT2D eigenvalue weighted by Crippen LogP contribution is -2.36. The van der Waals surface area contributed by atoms with Gasteiger partial charge in [0.1, 0.15) is 0 Å². The van der Waals surface area contributed by atoms with Crippen molar-refractivity contribution in [3.8, 4) is 11.5 Å². The Kier molecular flexibility index (Phi) is 7.77. The van der Waals surface area contributed by atoms with E-state index >= 15 is 0 Å². The molecule has 1 unspecified atom stereocenters. The van der Waals surface area contributed by atoms with E-state index < -0.39 is 6.86 Å². The molecular formula is C26H26FN3O4S. The third-order valence-electron chi connectivity index (χ3n) is 5.78. The van der Waals surface area contributed by atoms with Crippen LogP contribution in [0.2, 0.25) is 0 Å². The zero-order valence-electron chi connectivity index (χ0n) is 19.5. The Labute approximate surface area is 207 Å². The lowest BCUT2D eigenvalue weighted by Gasteiger charge is -2.29. The number of hydrazone groups is 1. The number of alkyl halides is 1. The standard InChI is InChI=1S/C26H26FN3O4S/c1-3-18-14-24(31)30(29-25(18)19-8-11-21(33-2)22(13-19)34-16-27)15-17-6-9-20(10-7-17)28-26(32)23-5-4-12-35-23/h4-13,18H,3,14-16H2,1-2H3,(H,28,32). The first-order chi connectivity index (χ1) is 17.0. The van der Waals surface area contributed by atoms with Crippen LogP contribution in [0.4, 0.5) is 10.1 Å². The molecule has 1 aliphatic rings. The van der Waals surface area contributed by atoms with Crippen LogP contribution in [0.5, 0.6) is 11.5 Å². The quantitative estimate of drug-likeness (QED) is 0.426. The summed E-state index contributed by atoms with van der Waals surface area (Å²) < 4.78 is 23.2. The number of benzene rings is 2. The lowest BCUT2D eigenvalue weighted by molar-refractivity contribution is -0.133. The molecule has 0 saturated heterocycles. The Bertz CT molecular complexity index is 1210. The van der Waals surface area contributed by atoms with Gasteiger partial charge in [0, 0.05) is 23.6 Å². The third-order valence-corrected chi connectivity index (χ3v) is 6.64. The summed E-state index contributed by atoms with van der Waals surface area (Å²) >= 11 is 1.38. The summed E-state index contributed by atoms with van der Waals surface area (Å²) in [6, 6.07) is 16.2. The smallest absolute Gasteiger partial charge is 0.265 e. The number of ether oxygens (including phenoxy) is 2. The molecule has 182 valence electrons. The van der Waals surface area contributed by atoms with Gasteiger partial charge in [-0.25, -0.2) is 9.40 Å². The minimum atomic E-state index is -0.974. The van der Waals surface area contributed by atoms with E-state index in [9.17, 15) is 14.0 Å². The molecular weight excluding hydrogens is 469 g/mol. The van der Waals surface area contributed by atoms with Gasteiger partial charge >= 0.3 is 0 Å². The van der Waals surface area contributed by atoms with Crippen LogP contribution in [-0.4, -0.2) is 36.5 Å². The molecule has 7 nitrogen and oxygen atoms in total. The zero-order valence-corrected chi connectivity index (χ0v) is 20.3. The number of thiophene rings is 1. The predicted octanol–water partition coefficient (Wildman–Crippen LogP) is 5.48. The number of methoxy groups -OCH3 is 1. The first-order valence-electron chi connectivity index (χ1n) is 11.2. The molecule has 0 spiro atoms. The summed E-state index contributed by atoms with van der Waals surface area (Å²) in [5.41, 5.74) is 3.05. The SMILES string of the molecule is CCC1CC(=O)N(Cc2ccc(NC(=O)c3cccs3)cc2)N=C1c1ccc(OC)c(OCF)c1. The number of amides is 2. The fourth-order valence-corrected chi connectivity index (χ4v) is 4.53. The maximum absolute atomic E-state index is 12.9. The van der Waals surface area contributed by atoms with Gasteiger partial charge in [-0.3, -0.25) is 9.59 Å². The van der Waals surface area contributed by atoms with Crippen molar-refractivity contribution in [2.45, 2.75) is 26.3 Å². The van der Waals surface area contributed by atoms with Crippen molar-refractivity contribution in [3.63, 3.8) is 0 Å². The maximum atomic E-state index is 12.9. The van der Waals surface area contributed by atoms with Crippen molar-refractivity contribution < 1.29 is 23.5 Å². The van der Waals surface area contributed by atoms with E-state index in [2.05, 4.69) is 10.4 Å². The number of anilines is 1. The van der Waals surface area contributed by atoms with Gasteiger partial charge < -0.3 is 14.8 Å². The van der Waals surface area contributed by atoms with Crippen molar-refractivity contribution in [2.75, 3.05) is 19.3 Å². The van der Waals surface area contributed by atoms with E-state index in [1.54, 1.807) is 30.3 Å². The fourth-order valence-electron chi connectivity index (χ4n) is 3.91. The third kappa shape index (κ3) is 5.68. The first kappa shape index (κ1) is 24.4. The van der Waals surface area contributed by atoms with Crippen molar-refractivity contribution in [1.29, 1.82) is 0 Å². The van der Waals surface area contributed by atoms with Crippen LogP contribution in [0.1, 0.15) is 40.6 Å². The number of nitrogens with zero attached hydrogens (tertiary/aromatic N) is 2. The highest BCUT2D eigenvalue weighted by Crippen LogP contribution is 2.32. The summed E-state index contributed by atoms with van der Waals surface area (Å²) in [6.07, 6.45) is 1.07. The molecule has 1 aromatic heterocycles. The van der Waals surface area contributed by atoms with Gasteiger partial charge in [-0.1, -0.05) is 25.1 Å². The van der Waals surface area contributed by atoms with Gasteiger partial charge in [0.25, 0.3) is 5.91 Å². The van der Waals surface area contributed by atoms with E-state index in [0.717, 1.165) is 23.3 Å². The van der Waals surface area contributed by atoms with Crippen LogP contribution in [-0.2, 0) is 11.3 Å². The Hall–Kier alpha value is -3.72. The van der Waals surface area contributed by atoms with E-state index in [-0.39, 0.29) is 23.5 Å². The number of nitrogens with one attached hydrogen (secondary N) is 1. The van der Waals surface area contributed by atoms with E-state index in [4.69, 9.17) is 9.47 Å². The average Bonchev–Trinajstić information content (AvgIpc) is 3.42. The van der Waals surface area contributed by atoms with Crippen molar-refractivity contribution in [2.24, 2.45) is 11.0 Å². The molecule has 0 fully saturated rings. The molecule has 0 radical (unpaired) electrons. The lowest BCUT2D eigenvalue weighted by atomic mass is 9.89. The topological polar surface area (TPSA) is 80.2 Å². The summed E-state index contributed by atoms with van der Waals surface area (Å²) in [7, 11) is 1.49. The van der Waals surface area contributed by atoms with Gasteiger partial charge in [0.15, 0.2) is 11.5 Å². The van der Waals surface area contributed by atoms with Crippen LogP contribution in [0.15, 0.2) is 65.1 Å². The Morgan fingerprint density at radius 2 is 2.00 bits per heavy atom. The van der Waals surface area contributed by atoms with Crippen molar-refractivity contribution >= 4 is 34.6 Å². The number of carbonyl (C=O) groups is 2. The minimum absolute atomic E-state index is 0.0554. The summed E-state index contributed by atoms with van der Waals surface area (Å²) in [4.78, 5) is 25.7. The molecule has 1 aliphatic heterocycles. The zero-order chi connectivity index (χ0) is 24.8. The van der Waals surface area contributed by atoms with Crippen LogP contribution >= 0.6 is 11.3 Å². The van der Waals surface area contributed by atoms with Gasteiger partial charge in [0.2, 0.25) is 12.8 Å². The molecule has 2 amide bonds. The Morgan fingerprint density at radius 3 is 2.66 bits per heavy atom. The molecule has 1 atom stereocenters. The fraction of sp³-hybridized carbons (Fsp3) is 0.269. The molecule has 0 saturated carbocycles. The highest BCUT2D eigenvalue weighted by molar-refractivity contribution is 7.12. The molecule has 2 heterocycles. The minimum Gasteiger partial charge on any atom is -0.493 e. The number of rotatable bonds is 9. The van der Waals surface area contributed by atoms with E-state index in [0.29, 0.717) is 29.3 Å². The van der Waals surface area contributed by atoms with Crippen LogP contribution in [0.3, 0.4) is 0 Å². The maximum Gasteiger partial charge on any atom is 0.265 e. The molecule has 2 aromatic carbocycles. The van der Waals surface area contributed by atoms with Gasteiger partial charge in [-0.05, 0) is 53.8 Å².